The molecular formula is C23H18Cl2N4O3. The molecule has 2 aromatic heterocycles. The monoisotopic (exact) mass is 468 g/mol. The number of carbonyl (C=O) groups excluding carboxylic acids is 2. The number of rotatable bonds is 6. The normalized spacial score (nSPS) is 10.8. The van der Waals surface area contributed by atoms with Crippen LogP contribution in [0.25, 0.3) is 16.9 Å². The van der Waals surface area contributed by atoms with Gasteiger partial charge in [-0.15, -0.1) is 0 Å². The molecule has 9 heteroatoms. The van der Waals surface area contributed by atoms with Crippen LogP contribution >= 0.6 is 23.2 Å². The molecule has 1 N–H and O–H groups in total. The maximum atomic E-state index is 12.5. The fourth-order valence-electron chi connectivity index (χ4n) is 3.26. The standard InChI is InChI=1S/C23H18Cl2N4O3/c1-2-32-23(31)17-13-27-29-20(8-9-26-22(17)29)15-4-3-5-16(12-15)28-21(30)11-14-6-7-18(24)19(25)10-14/h3-10,12-13H,2,11H2,1H3,(H,28,30). The van der Waals surface area contributed by atoms with E-state index in [-0.39, 0.29) is 18.9 Å². The Labute approximate surface area is 193 Å². The van der Waals surface area contributed by atoms with E-state index in [1.165, 1.54) is 6.20 Å². The van der Waals surface area contributed by atoms with Gasteiger partial charge >= 0.3 is 5.97 Å². The van der Waals surface area contributed by atoms with Gasteiger partial charge in [-0.1, -0.05) is 41.4 Å². The molecule has 4 aromatic rings. The summed E-state index contributed by atoms with van der Waals surface area (Å²) in [7, 11) is 0. The lowest BCUT2D eigenvalue weighted by atomic mass is 10.1. The summed E-state index contributed by atoms with van der Waals surface area (Å²) in [4.78, 5) is 28.9. The number of nitrogens with one attached hydrogen (secondary N) is 1. The van der Waals surface area contributed by atoms with Crippen LogP contribution in [0.5, 0.6) is 0 Å². The molecule has 0 atom stereocenters. The molecular weight excluding hydrogens is 451 g/mol. The molecule has 0 aliphatic carbocycles. The lowest BCUT2D eigenvalue weighted by Crippen LogP contribution is -2.14. The first kappa shape index (κ1) is 21.8. The molecule has 32 heavy (non-hydrogen) atoms. The minimum Gasteiger partial charge on any atom is -0.462 e. The van der Waals surface area contributed by atoms with E-state index < -0.39 is 5.97 Å². The molecule has 0 unspecified atom stereocenters. The van der Waals surface area contributed by atoms with Crippen LogP contribution in [0.4, 0.5) is 5.69 Å². The van der Waals surface area contributed by atoms with Gasteiger partial charge in [-0.25, -0.2) is 14.3 Å². The molecule has 0 saturated carbocycles. The third-order valence-corrected chi connectivity index (χ3v) is 5.43. The van der Waals surface area contributed by atoms with E-state index >= 15 is 0 Å². The summed E-state index contributed by atoms with van der Waals surface area (Å²) in [5.41, 5.74) is 3.58. The van der Waals surface area contributed by atoms with Crippen molar-refractivity contribution in [3.05, 3.63) is 82.1 Å². The second-order valence-corrected chi connectivity index (χ2v) is 7.71. The molecule has 0 fully saturated rings. The average Bonchev–Trinajstić information content (AvgIpc) is 3.21. The number of amides is 1. The van der Waals surface area contributed by atoms with Crippen LogP contribution in [0.15, 0.2) is 60.9 Å². The molecule has 0 aliphatic rings. The Balaban J connectivity index is 1.58. The van der Waals surface area contributed by atoms with Gasteiger partial charge in [0.25, 0.3) is 0 Å². The van der Waals surface area contributed by atoms with Crippen molar-refractivity contribution in [2.24, 2.45) is 0 Å². The predicted octanol–water partition coefficient (Wildman–Crippen LogP) is 5.06. The van der Waals surface area contributed by atoms with Crippen molar-refractivity contribution in [1.82, 2.24) is 14.6 Å². The van der Waals surface area contributed by atoms with Gasteiger partial charge in [-0.2, -0.15) is 5.10 Å². The highest BCUT2D eigenvalue weighted by atomic mass is 35.5. The third kappa shape index (κ3) is 4.59. The van der Waals surface area contributed by atoms with E-state index in [2.05, 4.69) is 15.4 Å². The molecule has 1 amide bonds. The summed E-state index contributed by atoms with van der Waals surface area (Å²) in [6.07, 6.45) is 3.19. The summed E-state index contributed by atoms with van der Waals surface area (Å²) in [6, 6.07) is 14.2. The zero-order valence-electron chi connectivity index (χ0n) is 17.0. The van der Waals surface area contributed by atoms with Crippen molar-refractivity contribution in [3.63, 3.8) is 0 Å². The summed E-state index contributed by atoms with van der Waals surface area (Å²) < 4.78 is 6.64. The number of carbonyl (C=O) groups is 2. The fraction of sp³-hybridized carbons (Fsp3) is 0.130. The summed E-state index contributed by atoms with van der Waals surface area (Å²) in [6.45, 7) is 2.00. The molecule has 162 valence electrons. The summed E-state index contributed by atoms with van der Waals surface area (Å²) in [5.74, 6) is -0.667. The predicted molar refractivity (Wildman–Crippen MR) is 123 cm³/mol. The van der Waals surface area contributed by atoms with Crippen molar-refractivity contribution in [1.29, 1.82) is 0 Å². The highest BCUT2D eigenvalue weighted by molar-refractivity contribution is 6.42. The number of anilines is 1. The number of hydrogen-bond donors (Lipinski definition) is 1. The largest absolute Gasteiger partial charge is 0.462 e. The molecule has 0 saturated heterocycles. The van der Waals surface area contributed by atoms with Crippen LogP contribution in [0.1, 0.15) is 22.8 Å². The number of fused-ring (bicyclic) bond motifs is 1. The van der Waals surface area contributed by atoms with E-state index in [1.54, 1.807) is 48.0 Å². The highest BCUT2D eigenvalue weighted by Gasteiger charge is 2.17. The topological polar surface area (TPSA) is 85.6 Å². The van der Waals surface area contributed by atoms with Crippen molar-refractivity contribution >= 4 is 46.4 Å². The van der Waals surface area contributed by atoms with E-state index in [9.17, 15) is 9.59 Å². The maximum absolute atomic E-state index is 12.5. The number of hydrogen-bond acceptors (Lipinski definition) is 5. The van der Waals surface area contributed by atoms with Crippen molar-refractivity contribution in [2.75, 3.05) is 11.9 Å². The summed E-state index contributed by atoms with van der Waals surface area (Å²) >= 11 is 12.0. The van der Waals surface area contributed by atoms with Gasteiger partial charge in [0, 0.05) is 17.4 Å². The fourth-order valence-corrected chi connectivity index (χ4v) is 3.58. The average molecular weight is 469 g/mol. The van der Waals surface area contributed by atoms with Crippen molar-refractivity contribution in [3.8, 4) is 11.3 Å². The first-order valence-electron chi connectivity index (χ1n) is 9.80. The Bertz CT molecular complexity index is 1320. The lowest BCUT2D eigenvalue weighted by molar-refractivity contribution is -0.115. The Hall–Kier alpha value is -3.42. The molecule has 2 aromatic carbocycles. The van der Waals surface area contributed by atoms with E-state index in [0.717, 1.165) is 11.1 Å². The van der Waals surface area contributed by atoms with Gasteiger partial charge in [0.05, 0.1) is 35.0 Å². The molecule has 0 aliphatic heterocycles. The molecule has 0 bridgehead atoms. The quantitative estimate of drug-likeness (QED) is 0.399. The second-order valence-electron chi connectivity index (χ2n) is 6.90. The summed E-state index contributed by atoms with van der Waals surface area (Å²) in [5, 5.41) is 8.04. The van der Waals surface area contributed by atoms with Gasteiger partial charge in [-0.3, -0.25) is 4.79 Å². The second kappa shape index (κ2) is 9.38. The van der Waals surface area contributed by atoms with Crippen LogP contribution in [0, 0.1) is 0 Å². The number of esters is 1. The van der Waals surface area contributed by atoms with Gasteiger partial charge in [0.1, 0.15) is 5.56 Å². The Morgan fingerprint density at radius 3 is 2.72 bits per heavy atom. The lowest BCUT2D eigenvalue weighted by Gasteiger charge is -2.09. The van der Waals surface area contributed by atoms with Crippen LogP contribution < -0.4 is 5.32 Å². The van der Waals surface area contributed by atoms with Gasteiger partial charge in [0.2, 0.25) is 5.91 Å². The first-order valence-corrected chi connectivity index (χ1v) is 10.6. The number of ether oxygens (including phenoxy) is 1. The number of halogens is 2. The SMILES string of the molecule is CCOC(=O)c1cnn2c(-c3cccc(NC(=O)Cc4ccc(Cl)c(Cl)c4)c3)ccnc12. The smallest absolute Gasteiger partial charge is 0.343 e. The van der Waals surface area contributed by atoms with Gasteiger partial charge < -0.3 is 10.1 Å². The zero-order valence-corrected chi connectivity index (χ0v) is 18.5. The first-order chi connectivity index (χ1) is 15.5. The van der Waals surface area contributed by atoms with Crippen LogP contribution in [-0.2, 0) is 16.0 Å². The minimum absolute atomic E-state index is 0.155. The zero-order chi connectivity index (χ0) is 22.7. The third-order valence-electron chi connectivity index (χ3n) is 4.69. The Kier molecular flexibility index (Phi) is 6.39. The van der Waals surface area contributed by atoms with E-state index in [1.807, 2.05) is 18.2 Å². The van der Waals surface area contributed by atoms with Crippen molar-refractivity contribution in [2.45, 2.75) is 13.3 Å². The highest BCUT2D eigenvalue weighted by Crippen LogP contribution is 2.25. The van der Waals surface area contributed by atoms with Gasteiger partial charge in [-0.05, 0) is 42.8 Å². The van der Waals surface area contributed by atoms with E-state index in [4.69, 9.17) is 27.9 Å². The Morgan fingerprint density at radius 2 is 1.94 bits per heavy atom. The maximum Gasteiger partial charge on any atom is 0.343 e. The van der Waals surface area contributed by atoms with Gasteiger partial charge in [0.15, 0.2) is 5.65 Å². The van der Waals surface area contributed by atoms with Crippen LogP contribution in [-0.4, -0.2) is 33.1 Å². The number of aromatic nitrogens is 3. The number of nitrogens with zero attached hydrogens (tertiary/aromatic N) is 3. The van der Waals surface area contributed by atoms with Crippen molar-refractivity contribution < 1.29 is 14.3 Å². The number of benzene rings is 2. The molecule has 7 nitrogen and oxygen atoms in total. The molecule has 4 rings (SSSR count). The Morgan fingerprint density at radius 1 is 1.09 bits per heavy atom. The van der Waals surface area contributed by atoms with Crippen LogP contribution in [0.2, 0.25) is 10.0 Å². The van der Waals surface area contributed by atoms with Crippen LogP contribution in [0.3, 0.4) is 0 Å². The molecule has 2 heterocycles. The minimum atomic E-state index is -0.476. The molecule has 0 radical (unpaired) electrons. The van der Waals surface area contributed by atoms with E-state index in [0.29, 0.717) is 32.6 Å². The molecule has 0 spiro atoms.